The minimum Gasteiger partial charge on any atom is -0.316 e. The quantitative estimate of drug-likeness (QED) is 0.814. The summed E-state index contributed by atoms with van der Waals surface area (Å²) in [7, 11) is 0. The summed E-state index contributed by atoms with van der Waals surface area (Å²) in [6.45, 7) is 11.3. The Morgan fingerprint density at radius 1 is 1.25 bits per heavy atom. The fourth-order valence-electron chi connectivity index (χ4n) is 3.23. The third kappa shape index (κ3) is 4.07. The van der Waals surface area contributed by atoms with Crippen molar-refractivity contribution in [3.8, 4) is 0 Å². The maximum absolute atomic E-state index is 3.43. The highest BCUT2D eigenvalue weighted by Crippen LogP contribution is 2.23. The normalized spacial score (nSPS) is 21.2. The van der Waals surface area contributed by atoms with Gasteiger partial charge in [0.15, 0.2) is 0 Å². The van der Waals surface area contributed by atoms with E-state index in [9.17, 15) is 0 Å². The maximum Gasteiger partial charge on any atom is 0.0236 e. The zero-order valence-electron chi connectivity index (χ0n) is 13.4. The van der Waals surface area contributed by atoms with Crippen molar-refractivity contribution in [3.63, 3.8) is 0 Å². The highest BCUT2D eigenvalue weighted by Gasteiger charge is 2.22. The molecule has 0 aliphatic carbocycles. The summed E-state index contributed by atoms with van der Waals surface area (Å²) < 4.78 is 0. The molecule has 1 fully saturated rings. The Morgan fingerprint density at radius 2 is 2.00 bits per heavy atom. The number of nitrogens with zero attached hydrogens (tertiary/aromatic N) is 1. The molecule has 1 aliphatic rings. The smallest absolute Gasteiger partial charge is 0.0236 e. The van der Waals surface area contributed by atoms with Gasteiger partial charge in [0, 0.05) is 19.1 Å². The summed E-state index contributed by atoms with van der Waals surface area (Å²) in [5, 5.41) is 3.43. The number of likely N-dealkylation sites (N-methyl/N-ethyl adjacent to an activating group) is 1. The lowest BCUT2D eigenvalue weighted by Crippen LogP contribution is -2.28. The molecule has 2 atom stereocenters. The van der Waals surface area contributed by atoms with Gasteiger partial charge in [0.1, 0.15) is 0 Å². The van der Waals surface area contributed by atoms with E-state index in [-0.39, 0.29) is 0 Å². The fourth-order valence-corrected chi connectivity index (χ4v) is 3.23. The molecule has 2 unspecified atom stereocenters. The number of likely N-dealkylation sites (tertiary alicyclic amines) is 1. The van der Waals surface area contributed by atoms with Gasteiger partial charge in [0.2, 0.25) is 0 Å². The van der Waals surface area contributed by atoms with Crippen LogP contribution in [0.5, 0.6) is 0 Å². The van der Waals surface area contributed by atoms with Crippen LogP contribution in [-0.4, -0.2) is 30.6 Å². The van der Waals surface area contributed by atoms with E-state index in [1.807, 2.05) is 0 Å². The van der Waals surface area contributed by atoms with E-state index in [0.29, 0.717) is 5.92 Å². The zero-order chi connectivity index (χ0) is 14.4. The second-order valence-electron chi connectivity index (χ2n) is 6.13. The molecule has 0 saturated carbocycles. The van der Waals surface area contributed by atoms with Gasteiger partial charge in [-0.2, -0.15) is 0 Å². The average molecular weight is 274 g/mol. The number of rotatable bonds is 7. The fraction of sp³-hybridized carbons (Fsp3) is 0.667. The molecule has 2 heteroatoms. The Balaban J connectivity index is 1.91. The van der Waals surface area contributed by atoms with Crippen LogP contribution in [0.25, 0.3) is 0 Å². The molecule has 0 bridgehead atoms. The summed E-state index contributed by atoms with van der Waals surface area (Å²) in [5.74, 6) is 0.596. The van der Waals surface area contributed by atoms with Gasteiger partial charge in [-0.3, -0.25) is 4.90 Å². The number of hydrogen-bond acceptors (Lipinski definition) is 2. The summed E-state index contributed by atoms with van der Waals surface area (Å²) in [5.41, 5.74) is 2.91. The molecule has 112 valence electrons. The van der Waals surface area contributed by atoms with Crippen LogP contribution in [0.4, 0.5) is 0 Å². The molecule has 0 aromatic heterocycles. The molecule has 0 amide bonds. The second kappa shape index (κ2) is 7.80. The van der Waals surface area contributed by atoms with E-state index in [4.69, 9.17) is 0 Å². The van der Waals surface area contributed by atoms with Crippen LogP contribution >= 0.6 is 0 Å². The summed E-state index contributed by atoms with van der Waals surface area (Å²) in [4.78, 5) is 2.65. The topological polar surface area (TPSA) is 15.3 Å². The summed E-state index contributed by atoms with van der Waals surface area (Å²) in [6, 6.07) is 10.1. The molecular formula is C18H30N2. The van der Waals surface area contributed by atoms with Crippen LogP contribution in [0.15, 0.2) is 24.3 Å². The van der Waals surface area contributed by atoms with E-state index in [0.717, 1.165) is 25.7 Å². The van der Waals surface area contributed by atoms with E-state index < -0.39 is 0 Å². The van der Waals surface area contributed by atoms with Gasteiger partial charge in [0.05, 0.1) is 0 Å². The Morgan fingerprint density at radius 3 is 2.65 bits per heavy atom. The van der Waals surface area contributed by atoms with Crippen LogP contribution in [0.2, 0.25) is 0 Å². The number of nitrogens with one attached hydrogen (secondary N) is 1. The zero-order valence-corrected chi connectivity index (χ0v) is 13.4. The standard InChI is InChI=1S/C18H30N2/c1-4-18-7-6-12-20(18)14-16-8-10-17(11-9-16)15(3)13-19-5-2/h8-11,15,18-19H,4-7,12-14H2,1-3H3. The number of benzene rings is 1. The van der Waals surface area contributed by atoms with Crippen molar-refractivity contribution in [2.24, 2.45) is 0 Å². The minimum absolute atomic E-state index is 0.596. The highest BCUT2D eigenvalue weighted by atomic mass is 15.2. The van der Waals surface area contributed by atoms with Crippen LogP contribution in [0.1, 0.15) is 57.1 Å². The molecule has 0 radical (unpaired) electrons. The van der Waals surface area contributed by atoms with Crippen molar-refractivity contribution in [1.29, 1.82) is 0 Å². The Bertz CT molecular complexity index is 385. The van der Waals surface area contributed by atoms with Crippen molar-refractivity contribution in [2.75, 3.05) is 19.6 Å². The number of hydrogen-bond donors (Lipinski definition) is 1. The summed E-state index contributed by atoms with van der Waals surface area (Å²) >= 11 is 0. The Kier molecular flexibility index (Phi) is 6.06. The van der Waals surface area contributed by atoms with Gasteiger partial charge in [0.25, 0.3) is 0 Å². The average Bonchev–Trinajstić information content (AvgIpc) is 2.92. The van der Waals surface area contributed by atoms with Crippen molar-refractivity contribution >= 4 is 0 Å². The van der Waals surface area contributed by atoms with Gasteiger partial charge in [-0.25, -0.2) is 0 Å². The molecule has 1 heterocycles. The van der Waals surface area contributed by atoms with Crippen molar-refractivity contribution in [3.05, 3.63) is 35.4 Å². The first-order valence-corrected chi connectivity index (χ1v) is 8.28. The van der Waals surface area contributed by atoms with E-state index in [1.165, 1.54) is 36.9 Å². The van der Waals surface area contributed by atoms with Crippen LogP contribution in [-0.2, 0) is 6.54 Å². The highest BCUT2D eigenvalue weighted by molar-refractivity contribution is 5.25. The SMILES string of the molecule is CCNCC(C)c1ccc(CN2CCCC2CC)cc1. The lowest BCUT2D eigenvalue weighted by Gasteiger charge is -2.23. The first kappa shape index (κ1) is 15.5. The maximum atomic E-state index is 3.43. The van der Waals surface area contributed by atoms with Gasteiger partial charge >= 0.3 is 0 Å². The predicted molar refractivity (Wildman–Crippen MR) is 87.1 cm³/mol. The van der Waals surface area contributed by atoms with Crippen LogP contribution < -0.4 is 5.32 Å². The van der Waals surface area contributed by atoms with Gasteiger partial charge in [-0.05, 0) is 49.4 Å². The molecule has 1 N–H and O–H groups in total. The Hall–Kier alpha value is -0.860. The lowest BCUT2D eigenvalue weighted by atomic mass is 9.99. The van der Waals surface area contributed by atoms with E-state index in [1.54, 1.807) is 0 Å². The van der Waals surface area contributed by atoms with Crippen LogP contribution in [0.3, 0.4) is 0 Å². The lowest BCUT2D eigenvalue weighted by molar-refractivity contribution is 0.240. The van der Waals surface area contributed by atoms with Gasteiger partial charge < -0.3 is 5.32 Å². The molecule has 2 rings (SSSR count). The Labute approximate surface area is 124 Å². The molecular weight excluding hydrogens is 244 g/mol. The second-order valence-corrected chi connectivity index (χ2v) is 6.13. The van der Waals surface area contributed by atoms with Crippen molar-refractivity contribution < 1.29 is 0 Å². The third-order valence-corrected chi connectivity index (χ3v) is 4.61. The van der Waals surface area contributed by atoms with Gasteiger partial charge in [-0.1, -0.05) is 45.0 Å². The molecule has 1 aromatic rings. The van der Waals surface area contributed by atoms with Crippen molar-refractivity contribution in [1.82, 2.24) is 10.2 Å². The first-order chi connectivity index (χ1) is 9.74. The third-order valence-electron chi connectivity index (χ3n) is 4.61. The van der Waals surface area contributed by atoms with Crippen molar-refractivity contribution in [2.45, 2.75) is 58.5 Å². The minimum atomic E-state index is 0.596. The molecule has 1 aromatic carbocycles. The van der Waals surface area contributed by atoms with E-state index >= 15 is 0 Å². The molecule has 1 saturated heterocycles. The molecule has 20 heavy (non-hydrogen) atoms. The molecule has 0 spiro atoms. The van der Waals surface area contributed by atoms with E-state index in [2.05, 4.69) is 55.3 Å². The molecule has 2 nitrogen and oxygen atoms in total. The summed E-state index contributed by atoms with van der Waals surface area (Å²) in [6.07, 6.45) is 4.04. The van der Waals surface area contributed by atoms with Crippen LogP contribution in [0, 0.1) is 0 Å². The predicted octanol–water partition coefficient (Wildman–Crippen LogP) is 3.77. The monoisotopic (exact) mass is 274 g/mol. The molecule has 1 aliphatic heterocycles. The van der Waals surface area contributed by atoms with Gasteiger partial charge in [-0.15, -0.1) is 0 Å². The largest absolute Gasteiger partial charge is 0.316 e. The first-order valence-electron chi connectivity index (χ1n) is 8.28.